The molecule has 8 nitrogen and oxygen atoms in total. The van der Waals surface area contributed by atoms with Gasteiger partial charge in [0.2, 0.25) is 11.8 Å². The van der Waals surface area contributed by atoms with Crippen LogP contribution >= 0.6 is 0 Å². The second kappa shape index (κ2) is 16.7. The number of rotatable bonds is 18. The molecule has 0 fully saturated rings. The van der Waals surface area contributed by atoms with Gasteiger partial charge in [-0.1, -0.05) is 88.6 Å². The average Bonchev–Trinajstić information content (AvgIpc) is 2.79. The molecule has 0 unspecified atom stereocenters. The van der Waals surface area contributed by atoms with Gasteiger partial charge < -0.3 is 20.8 Å². The van der Waals surface area contributed by atoms with Gasteiger partial charge in [-0.05, 0) is 18.4 Å². The number of aliphatic carboxylic acids is 2. The highest BCUT2D eigenvalue weighted by Crippen LogP contribution is 2.15. The van der Waals surface area contributed by atoms with Crippen molar-refractivity contribution in [2.75, 3.05) is 0 Å². The molecule has 0 saturated carbocycles. The van der Waals surface area contributed by atoms with Crippen molar-refractivity contribution >= 4 is 23.8 Å². The molecular formula is C25H38N2O6. The topological polar surface area (TPSA) is 133 Å². The van der Waals surface area contributed by atoms with Crippen molar-refractivity contribution in [3.63, 3.8) is 0 Å². The second-order valence-electron chi connectivity index (χ2n) is 8.32. The Balaban J connectivity index is 2.58. The van der Waals surface area contributed by atoms with Crippen LogP contribution in [0.5, 0.6) is 0 Å². The van der Waals surface area contributed by atoms with Crippen LogP contribution in [0.4, 0.5) is 0 Å². The van der Waals surface area contributed by atoms with Gasteiger partial charge in [0.25, 0.3) is 0 Å². The Morgan fingerprint density at radius 1 is 0.788 bits per heavy atom. The summed E-state index contributed by atoms with van der Waals surface area (Å²) in [7, 11) is 0. The second-order valence-corrected chi connectivity index (χ2v) is 8.32. The first-order valence-corrected chi connectivity index (χ1v) is 11.9. The number of nitrogens with one attached hydrogen (secondary N) is 2. The van der Waals surface area contributed by atoms with E-state index in [4.69, 9.17) is 5.11 Å². The van der Waals surface area contributed by atoms with Crippen LogP contribution in [0.15, 0.2) is 30.3 Å². The summed E-state index contributed by atoms with van der Waals surface area (Å²) in [6.45, 7) is 2.20. The number of unbranched alkanes of at least 4 members (excludes halogenated alkanes) is 8. The number of carbonyl (C=O) groups excluding carboxylic acids is 2. The third-order valence-electron chi connectivity index (χ3n) is 5.47. The Bertz CT molecular complexity index is 738. The number of carboxylic acid groups (broad SMARTS) is 2. The van der Waals surface area contributed by atoms with Crippen molar-refractivity contribution in [1.82, 2.24) is 10.6 Å². The van der Waals surface area contributed by atoms with Gasteiger partial charge in [0.05, 0.1) is 0 Å². The molecule has 0 aromatic heterocycles. The maximum atomic E-state index is 12.8. The predicted molar refractivity (Wildman–Crippen MR) is 126 cm³/mol. The largest absolute Gasteiger partial charge is 0.481 e. The van der Waals surface area contributed by atoms with Crippen molar-refractivity contribution in [2.45, 2.75) is 96.1 Å². The van der Waals surface area contributed by atoms with Crippen LogP contribution in [-0.2, 0) is 19.2 Å². The minimum atomic E-state index is -1.35. The number of benzene rings is 1. The third-order valence-corrected chi connectivity index (χ3v) is 5.47. The van der Waals surface area contributed by atoms with Crippen LogP contribution in [0.3, 0.4) is 0 Å². The number of amides is 2. The van der Waals surface area contributed by atoms with Gasteiger partial charge >= 0.3 is 11.9 Å². The highest BCUT2D eigenvalue weighted by atomic mass is 16.4. The summed E-state index contributed by atoms with van der Waals surface area (Å²) in [6, 6.07) is 6.17. The molecule has 0 aliphatic rings. The smallest absolute Gasteiger partial charge is 0.326 e. The molecule has 184 valence electrons. The lowest BCUT2D eigenvalue weighted by molar-refractivity contribution is -0.143. The van der Waals surface area contributed by atoms with E-state index in [0.29, 0.717) is 5.56 Å². The molecule has 0 spiro atoms. The van der Waals surface area contributed by atoms with E-state index in [9.17, 15) is 24.3 Å². The van der Waals surface area contributed by atoms with Gasteiger partial charge in [-0.25, -0.2) is 4.79 Å². The van der Waals surface area contributed by atoms with Crippen molar-refractivity contribution < 1.29 is 29.4 Å². The summed E-state index contributed by atoms with van der Waals surface area (Å²) in [5, 5.41) is 23.2. The summed E-state index contributed by atoms with van der Waals surface area (Å²) in [4.78, 5) is 47.5. The number of carbonyl (C=O) groups is 4. The van der Waals surface area contributed by atoms with Crippen LogP contribution in [0, 0.1) is 0 Å². The fourth-order valence-electron chi connectivity index (χ4n) is 3.56. The number of hydrogen-bond acceptors (Lipinski definition) is 4. The summed E-state index contributed by atoms with van der Waals surface area (Å²) in [5.41, 5.74) is 0.526. The average molecular weight is 463 g/mol. The molecule has 4 N–H and O–H groups in total. The molecule has 0 heterocycles. The van der Waals surface area contributed by atoms with E-state index >= 15 is 0 Å². The van der Waals surface area contributed by atoms with Crippen LogP contribution < -0.4 is 10.6 Å². The van der Waals surface area contributed by atoms with Gasteiger partial charge in [0.1, 0.15) is 12.1 Å². The lowest BCUT2D eigenvalue weighted by Gasteiger charge is -2.21. The van der Waals surface area contributed by atoms with Crippen molar-refractivity contribution in [3.05, 3.63) is 35.9 Å². The van der Waals surface area contributed by atoms with E-state index in [1.165, 1.54) is 32.1 Å². The lowest BCUT2D eigenvalue weighted by Crippen LogP contribution is -2.47. The molecule has 1 aromatic rings. The van der Waals surface area contributed by atoms with Crippen LogP contribution in [0.25, 0.3) is 0 Å². The first-order valence-electron chi connectivity index (χ1n) is 11.9. The van der Waals surface area contributed by atoms with E-state index in [1.807, 2.05) is 0 Å². The molecular weight excluding hydrogens is 424 g/mol. The SMILES string of the molecule is CCCCCCCCCCCC(=O)N[C@@H](C(=O)N[C@@H](CCC(=O)O)C(=O)O)c1ccccc1. The maximum absolute atomic E-state index is 12.8. The van der Waals surface area contributed by atoms with Crippen molar-refractivity contribution in [3.8, 4) is 0 Å². The Kier molecular flexibility index (Phi) is 14.2. The van der Waals surface area contributed by atoms with E-state index in [2.05, 4.69) is 17.6 Å². The quantitative estimate of drug-likeness (QED) is 0.242. The molecule has 0 radical (unpaired) electrons. The first-order chi connectivity index (χ1) is 15.8. The monoisotopic (exact) mass is 462 g/mol. The van der Waals surface area contributed by atoms with Gasteiger partial charge in [-0.2, -0.15) is 0 Å². The molecule has 0 bridgehead atoms. The normalized spacial score (nSPS) is 12.5. The molecule has 0 aliphatic heterocycles. The van der Waals surface area contributed by atoms with Crippen molar-refractivity contribution in [2.24, 2.45) is 0 Å². The zero-order valence-electron chi connectivity index (χ0n) is 19.6. The summed E-state index contributed by atoms with van der Waals surface area (Å²) in [6.07, 6.45) is 9.82. The van der Waals surface area contributed by atoms with E-state index in [1.54, 1.807) is 30.3 Å². The fourth-order valence-corrected chi connectivity index (χ4v) is 3.56. The van der Waals surface area contributed by atoms with Crippen LogP contribution in [0.2, 0.25) is 0 Å². The van der Waals surface area contributed by atoms with Crippen LogP contribution in [-0.4, -0.2) is 40.0 Å². The highest BCUT2D eigenvalue weighted by Gasteiger charge is 2.28. The standard InChI is InChI=1S/C25H38N2O6/c1-2-3-4-5-6-7-8-9-13-16-21(28)27-23(19-14-11-10-12-15-19)24(31)26-20(25(32)33)17-18-22(29)30/h10-12,14-15,20,23H,2-9,13,16-18H2,1H3,(H,26,31)(H,27,28)(H,29,30)(H,32,33)/t20-,23+/m0/s1. The Morgan fingerprint density at radius 2 is 1.36 bits per heavy atom. The zero-order chi connectivity index (χ0) is 24.5. The fraction of sp³-hybridized carbons (Fsp3) is 0.600. The summed E-state index contributed by atoms with van der Waals surface area (Å²) in [5.74, 6) is -3.43. The maximum Gasteiger partial charge on any atom is 0.326 e. The summed E-state index contributed by atoms with van der Waals surface area (Å²) < 4.78 is 0. The molecule has 1 rings (SSSR count). The van der Waals surface area contributed by atoms with Crippen molar-refractivity contribution in [1.29, 1.82) is 0 Å². The summed E-state index contributed by atoms with van der Waals surface area (Å²) >= 11 is 0. The molecule has 0 aliphatic carbocycles. The van der Waals surface area contributed by atoms with E-state index in [-0.39, 0.29) is 18.7 Å². The molecule has 2 atom stereocenters. The predicted octanol–water partition coefficient (Wildman–Crippen LogP) is 4.20. The van der Waals surface area contributed by atoms with Gasteiger partial charge in [-0.3, -0.25) is 14.4 Å². The van der Waals surface area contributed by atoms with Gasteiger partial charge in [-0.15, -0.1) is 0 Å². The lowest BCUT2D eigenvalue weighted by atomic mass is 10.0. The first kappa shape index (κ1) is 28.1. The van der Waals surface area contributed by atoms with E-state index in [0.717, 1.165) is 25.7 Å². The number of hydrogen-bond donors (Lipinski definition) is 4. The Hall–Kier alpha value is -2.90. The van der Waals surface area contributed by atoms with Gasteiger partial charge in [0.15, 0.2) is 0 Å². The van der Waals surface area contributed by atoms with Gasteiger partial charge in [0, 0.05) is 12.8 Å². The minimum Gasteiger partial charge on any atom is -0.481 e. The number of carboxylic acids is 2. The zero-order valence-corrected chi connectivity index (χ0v) is 19.6. The van der Waals surface area contributed by atoms with Crippen LogP contribution in [0.1, 0.15) is 95.6 Å². The molecule has 8 heteroatoms. The molecule has 1 aromatic carbocycles. The molecule has 0 saturated heterocycles. The molecule has 33 heavy (non-hydrogen) atoms. The Morgan fingerprint density at radius 3 is 1.91 bits per heavy atom. The third kappa shape index (κ3) is 12.7. The minimum absolute atomic E-state index is 0.246. The Labute approximate surface area is 196 Å². The van der Waals surface area contributed by atoms with E-state index < -0.39 is 36.4 Å². The molecule has 2 amide bonds. The highest BCUT2D eigenvalue weighted by molar-refractivity contribution is 5.91.